The van der Waals surface area contributed by atoms with Crippen molar-refractivity contribution in [3.8, 4) is 22.0 Å². The zero-order valence-electron chi connectivity index (χ0n) is 18.2. The molecule has 4 heterocycles. The average Bonchev–Trinajstić information content (AvgIpc) is 3.52. The first-order valence-electron chi connectivity index (χ1n) is 10.8. The van der Waals surface area contributed by atoms with Crippen LogP contribution < -0.4 is 5.56 Å². The predicted molar refractivity (Wildman–Crippen MR) is 126 cm³/mol. The van der Waals surface area contributed by atoms with Gasteiger partial charge in [0.25, 0.3) is 11.5 Å². The van der Waals surface area contributed by atoms with Crippen LogP contribution in [0.5, 0.6) is 0 Å². The Balaban J connectivity index is 1.20. The summed E-state index contributed by atoms with van der Waals surface area (Å²) in [7, 11) is 0. The summed E-state index contributed by atoms with van der Waals surface area (Å²) in [6, 6.07) is 15.2. The molecule has 0 spiro atoms. The van der Waals surface area contributed by atoms with Crippen LogP contribution in [0.2, 0.25) is 0 Å². The number of aryl methyl sites for hydroxylation is 1. The highest BCUT2D eigenvalue weighted by atomic mass is 32.1. The van der Waals surface area contributed by atoms with Crippen molar-refractivity contribution in [1.29, 1.82) is 0 Å². The molecule has 1 aliphatic heterocycles. The SMILES string of the molecule is Cc1ccccc1-c1noc(CN2CCN(C(=O)c3ccc(-c4cccs4)[nH]c3=O)CC2)n1. The maximum Gasteiger partial charge on any atom is 0.261 e. The van der Waals surface area contributed by atoms with Crippen LogP contribution in [0.15, 0.2) is 63.2 Å². The third kappa shape index (κ3) is 4.50. The standard InChI is InChI=1S/C24H23N5O3S/c1-16-5-2-3-6-17(16)22-26-21(32-27-22)15-28-10-12-29(13-11-28)24(31)18-8-9-19(25-23(18)30)20-7-4-14-33-20/h2-9,14H,10-13,15H2,1H3,(H,25,30). The molecule has 0 atom stereocenters. The second kappa shape index (κ2) is 9.13. The molecule has 9 heteroatoms. The second-order valence-electron chi connectivity index (χ2n) is 7.99. The van der Waals surface area contributed by atoms with Crippen LogP contribution in [-0.2, 0) is 6.54 Å². The lowest BCUT2D eigenvalue weighted by Crippen LogP contribution is -2.49. The van der Waals surface area contributed by atoms with Gasteiger partial charge in [-0.15, -0.1) is 11.3 Å². The van der Waals surface area contributed by atoms with Crippen molar-refractivity contribution in [2.75, 3.05) is 26.2 Å². The number of H-pyrrole nitrogens is 1. The van der Waals surface area contributed by atoms with Gasteiger partial charge in [-0.05, 0) is 36.1 Å². The van der Waals surface area contributed by atoms with Gasteiger partial charge >= 0.3 is 0 Å². The van der Waals surface area contributed by atoms with Crippen LogP contribution in [0.1, 0.15) is 21.8 Å². The number of aromatic amines is 1. The number of benzene rings is 1. The monoisotopic (exact) mass is 461 g/mol. The molecule has 5 rings (SSSR count). The molecule has 1 N–H and O–H groups in total. The fourth-order valence-electron chi connectivity index (χ4n) is 3.94. The number of thiophene rings is 1. The van der Waals surface area contributed by atoms with Gasteiger partial charge in [-0.2, -0.15) is 4.98 Å². The van der Waals surface area contributed by atoms with Gasteiger partial charge < -0.3 is 14.4 Å². The second-order valence-corrected chi connectivity index (χ2v) is 8.93. The van der Waals surface area contributed by atoms with E-state index in [1.165, 1.54) is 0 Å². The number of nitrogens with one attached hydrogen (secondary N) is 1. The number of carbonyl (C=O) groups excluding carboxylic acids is 1. The Kier molecular flexibility index (Phi) is 5.89. The molecule has 1 amide bonds. The molecule has 0 unspecified atom stereocenters. The number of amides is 1. The summed E-state index contributed by atoms with van der Waals surface area (Å²) < 4.78 is 5.45. The number of rotatable bonds is 5. The van der Waals surface area contributed by atoms with E-state index in [9.17, 15) is 9.59 Å². The van der Waals surface area contributed by atoms with Gasteiger partial charge in [0.1, 0.15) is 5.56 Å². The molecule has 0 saturated carbocycles. The molecular weight excluding hydrogens is 438 g/mol. The minimum absolute atomic E-state index is 0.170. The van der Waals surface area contributed by atoms with Gasteiger partial charge in [0.05, 0.1) is 17.1 Å². The Morgan fingerprint density at radius 2 is 1.91 bits per heavy atom. The number of carbonyl (C=O) groups is 1. The largest absolute Gasteiger partial charge is 0.338 e. The number of nitrogens with zero attached hydrogens (tertiary/aromatic N) is 4. The third-order valence-electron chi connectivity index (χ3n) is 5.80. The van der Waals surface area contributed by atoms with E-state index in [0.717, 1.165) is 21.7 Å². The summed E-state index contributed by atoms with van der Waals surface area (Å²) in [4.78, 5) is 37.7. The van der Waals surface area contributed by atoms with Crippen molar-refractivity contribution in [2.24, 2.45) is 0 Å². The Hall–Kier alpha value is -3.56. The van der Waals surface area contributed by atoms with E-state index < -0.39 is 0 Å². The van der Waals surface area contributed by atoms with E-state index in [1.54, 1.807) is 28.4 Å². The molecule has 33 heavy (non-hydrogen) atoms. The maximum absolute atomic E-state index is 12.9. The molecule has 168 valence electrons. The Bertz CT molecular complexity index is 1320. The molecule has 0 bridgehead atoms. The van der Waals surface area contributed by atoms with Crippen LogP contribution in [0.4, 0.5) is 0 Å². The Labute approximate surface area is 194 Å². The smallest absolute Gasteiger partial charge is 0.261 e. The molecule has 4 aromatic rings. The van der Waals surface area contributed by atoms with E-state index in [1.807, 2.05) is 48.7 Å². The molecule has 1 aliphatic rings. The Morgan fingerprint density at radius 1 is 1.09 bits per heavy atom. The van der Waals surface area contributed by atoms with Crippen molar-refractivity contribution in [3.05, 3.63) is 81.3 Å². The van der Waals surface area contributed by atoms with Crippen LogP contribution in [-0.4, -0.2) is 57.0 Å². The summed E-state index contributed by atoms with van der Waals surface area (Å²) in [5.41, 5.74) is 2.58. The van der Waals surface area contributed by atoms with Gasteiger partial charge in [-0.1, -0.05) is 35.5 Å². The quantitative estimate of drug-likeness (QED) is 0.489. The van der Waals surface area contributed by atoms with Gasteiger partial charge in [0, 0.05) is 31.7 Å². The van der Waals surface area contributed by atoms with Gasteiger partial charge in [0.15, 0.2) is 0 Å². The van der Waals surface area contributed by atoms with Crippen molar-refractivity contribution < 1.29 is 9.32 Å². The summed E-state index contributed by atoms with van der Waals surface area (Å²) in [5.74, 6) is 0.893. The summed E-state index contributed by atoms with van der Waals surface area (Å²) >= 11 is 1.54. The first-order chi connectivity index (χ1) is 16.1. The van der Waals surface area contributed by atoms with E-state index in [-0.39, 0.29) is 17.0 Å². The van der Waals surface area contributed by atoms with Crippen molar-refractivity contribution >= 4 is 17.2 Å². The van der Waals surface area contributed by atoms with Gasteiger partial charge in [0.2, 0.25) is 11.7 Å². The topological polar surface area (TPSA) is 95.3 Å². The lowest BCUT2D eigenvalue weighted by atomic mass is 10.1. The highest BCUT2D eigenvalue weighted by molar-refractivity contribution is 7.13. The Morgan fingerprint density at radius 3 is 2.64 bits per heavy atom. The predicted octanol–water partition coefficient (Wildman–Crippen LogP) is 3.42. The summed E-state index contributed by atoms with van der Waals surface area (Å²) in [6.45, 7) is 4.94. The third-order valence-corrected chi connectivity index (χ3v) is 6.70. The van der Waals surface area contributed by atoms with Gasteiger partial charge in [-0.3, -0.25) is 14.5 Å². The average molecular weight is 462 g/mol. The van der Waals surface area contributed by atoms with Crippen LogP contribution in [0.3, 0.4) is 0 Å². The van der Waals surface area contributed by atoms with E-state index in [0.29, 0.717) is 44.4 Å². The van der Waals surface area contributed by atoms with Crippen molar-refractivity contribution in [1.82, 2.24) is 24.9 Å². The highest BCUT2D eigenvalue weighted by Crippen LogP contribution is 2.22. The molecule has 3 aromatic heterocycles. The minimum Gasteiger partial charge on any atom is -0.338 e. The molecular formula is C24H23N5O3S. The van der Waals surface area contributed by atoms with E-state index in [4.69, 9.17) is 4.52 Å². The van der Waals surface area contributed by atoms with Crippen LogP contribution >= 0.6 is 11.3 Å². The van der Waals surface area contributed by atoms with Crippen LogP contribution in [0.25, 0.3) is 22.0 Å². The number of aromatic nitrogens is 3. The molecule has 0 radical (unpaired) electrons. The zero-order chi connectivity index (χ0) is 22.8. The van der Waals surface area contributed by atoms with Gasteiger partial charge in [-0.25, -0.2) is 0 Å². The zero-order valence-corrected chi connectivity index (χ0v) is 19.0. The lowest BCUT2D eigenvalue weighted by Gasteiger charge is -2.33. The molecule has 1 saturated heterocycles. The fraction of sp³-hybridized carbons (Fsp3) is 0.250. The normalized spacial score (nSPS) is 14.5. The van der Waals surface area contributed by atoms with Crippen LogP contribution in [0, 0.1) is 6.92 Å². The van der Waals surface area contributed by atoms with Crippen molar-refractivity contribution in [3.63, 3.8) is 0 Å². The lowest BCUT2D eigenvalue weighted by molar-refractivity contribution is 0.0613. The maximum atomic E-state index is 12.9. The summed E-state index contributed by atoms with van der Waals surface area (Å²) in [6.07, 6.45) is 0. The van der Waals surface area contributed by atoms with E-state index in [2.05, 4.69) is 20.0 Å². The number of hydrogen-bond acceptors (Lipinski definition) is 7. The van der Waals surface area contributed by atoms with E-state index >= 15 is 0 Å². The molecule has 8 nitrogen and oxygen atoms in total. The first-order valence-corrected chi connectivity index (χ1v) is 11.6. The molecule has 0 aliphatic carbocycles. The summed E-state index contributed by atoms with van der Waals surface area (Å²) in [5, 5.41) is 6.06. The molecule has 1 fully saturated rings. The number of hydrogen-bond donors (Lipinski definition) is 1. The highest BCUT2D eigenvalue weighted by Gasteiger charge is 2.25. The van der Waals surface area contributed by atoms with Crippen molar-refractivity contribution in [2.45, 2.75) is 13.5 Å². The molecule has 1 aromatic carbocycles. The number of piperazine rings is 1. The fourth-order valence-corrected chi connectivity index (χ4v) is 4.65. The minimum atomic E-state index is -0.358. The first kappa shape index (κ1) is 21.3. The number of pyridine rings is 1.